The summed E-state index contributed by atoms with van der Waals surface area (Å²) in [6.07, 6.45) is 1.72. The average molecular weight is 310 g/mol. The lowest BCUT2D eigenvalue weighted by molar-refractivity contribution is 0.00578. The molecule has 0 spiro atoms. The van der Waals surface area contributed by atoms with E-state index in [9.17, 15) is 9.90 Å². The van der Waals surface area contributed by atoms with E-state index in [1.165, 1.54) is 11.3 Å². The van der Waals surface area contributed by atoms with Crippen LogP contribution in [0.2, 0.25) is 0 Å². The fraction of sp³-hybridized carbons (Fsp3) is 0.500. The number of hydrogen-bond donors (Lipinski definition) is 2. The molecule has 1 aliphatic rings. The third-order valence-corrected chi connectivity index (χ3v) is 4.81. The van der Waals surface area contributed by atoms with Crippen molar-refractivity contribution in [2.75, 3.05) is 6.61 Å². The fourth-order valence-electron chi connectivity index (χ4n) is 1.91. The van der Waals surface area contributed by atoms with Gasteiger partial charge >= 0.3 is 13.1 Å². The van der Waals surface area contributed by atoms with Gasteiger partial charge in [0.05, 0.1) is 23.4 Å². The van der Waals surface area contributed by atoms with Gasteiger partial charge in [0, 0.05) is 10.3 Å². The van der Waals surface area contributed by atoms with E-state index in [4.69, 9.17) is 14.4 Å². The Morgan fingerprint density at radius 2 is 1.90 bits per heavy atom. The number of carboxylic acid groups (broad SMARTS) is 1. The third-order valence-electron chi connectivity index (χ3n) is 3.93. The van der Waals surface area contributed by atoms with Crippen LogP contribution in [0.4, 0.5) is 0 Å². The summed E-state index contributed by atoms with van der Waals surface area (Å²) in [5.41, 5.74) is -0.147. The topological polar surface area (TPSA) is 76.0 Å². The molecule has 0 radical (unpaired) electrons. The van der Waals surface area contributed by atoms with Crippen LogP contribution in [-0.4, -0.2) is 41.1 Å². The van der Waals surface area contributed by atoms with Gasteiger partial charge in [-0.1, -0.05) is 0 Å². The van der Waals surface area contributed by atoms with Crippen molar-refractivity contribution in [3.05, 3.63) is 27.4 Å². The Morgan fingerprint density at radius 1 is 1.33 bits per heavy atom. The number of aliphatic hydroxyl groups excluding tert-OH is 1. The highest BCUT2D eigenvalue weighted by Crippen LogP contribution is 2.38. The predicted molar refractivity (Wildman–Crippen MR) is 82.4 cm³/mol. The maximum atomic E-state index is 10.9. The van der Waals surface area contributed by atoms with Crippen molar-refractivity contribution < 1.29 is 24.3 Å². The second-order valence-electron chi connectivity index (χ2n) is 6.01. The monoisotopic (exact) mass is 310 g/mol. The second kappa shape index (κ2) is 5.57. The predicted octanol–water partition coefficient (Wildman–Crippen LogP) is 2.45. The molecule has 7 heteroatoms. The quantitative estimate of drug-likeness (QED) is 0.836. The molecule has 1 fully saturated rings. The van der Waals surface area contributed by atoms with Gasteiger partial charge in [-0.3, -0.25) is 0 Å². The Kier molecular flexibility index (Phi) is 4.30. The zero-order valence-electron chi connectivity index (χ0n) is 12.5. The molecule has 114 valence electrons. The van der Waals surface area contributed by atoms with Crippen LogP contribution in [0.25, 0.3) is 6.08 Å². The van der Waals surface area contributed by atoms with E-state index < -0.39 is 24.3 Å². The van der Waals surface area contributed by atoms with E-state index in [-0.39, 0.29) is 12.2 Å². The summed E-state index contributed by atoms with van der Waals surface area (Å²) in [5, 5.41) is 20.1. The van der Waals surface area contributed by atoms with Gasteiger partial charge in [-0.2, -0.15) is 0 Å². The summed E-state index contributed by atoms with van der Waals surface area (Å²) < 4.78 is 11.8. The standard InChI is InChI=1S/C14H19BO5S/c1-13(2)14(3,4)20-15(19-13)10(7-16)6-11-5-9(8-21-11)12(17)18/h5-6,8,16H,7H2,1-4H3,(H,17,18). The molecule has 0 aromatic carbocycles. The Balaban J connectivity index is 2.24. The first-order valence-corrected chi connectivity index (χ1v) is 7.53. The van der Waals surface area contributed by atoms with Gasteiger partial charge in [0.1, 0.15) is 0 Å². The Morgan fingerprint density at radius 3 is 2.33 bits per heavy atom. The van der Waals surface area contributed by atoms with Crippen LogP contribution < -0.4 is 0 Å². The van der Waals surface area contributed by atoms with Crippen LogP contribution in [-0.2, 0) is 9.31 Å². The zero-order valence-corrected chi connectivity index (χ0v) is 13.4. The molecule has 1 aromatic heterocycles. The van der Waals surface area contributed by atoms with Gasteiger partial charge in [0.25, 0.3) is 0 Å². The highest BCUT2D eigenvalue weighted by atomic mass is 32.1. The highest BCUT2D eigenvalue weighted by Gasteiger charge is 2.52. The van der Waals surface area contributed by atoms with Crippen molar-refractivity contribution in [2.24, 2.45) is 0 Å². The van der Waals surface area contributed by atoms with Crippen molar-refractivity contribution in [1.29, 1.82) is 0 Å². The first-order chi connectivity index (χ1) is 9.66. The molecular formula is C14H19BO5S. The molecule has 0 unspecified atom stereocenters. The highest BCUT2D eigenvalue weighted by molar-refractivity contribution is 7.11. The lowest BCUT2D eigenvalue weighted by atomic mass is 9.78. The minimum Gasteiger partial charge on any atom is -0.478 e. The Hall–Kier alpha value is -1.15. The van der Waals surface area contributed by atoms with Gasteiger partial charge in [0.15, 0.2) is 0 Å². The van der Waals surface area contributed by atoms with Crippen molar-refractivity contribution in [1.82, 2.24) is 0 Å². The van der Waals surface area contributed by atoms with Crippen molar-refractivity contribution in [2.45, 2.75) is 38.9 Å². The number of rotatable bonds is 4. The molecular weight excluding hydrogens is 291 g/mol. The number of carboxylic acids is 1. The molecule has 0 aliphatic carbocycles. The van der Waals surface area contributed by atoms with E-state index in [1.807, 2.05) is 27.7 Å². The van der Waals surface area contributed by atoms with Gasteiger partial charge in [-0.05, 0) is 45.3 Å². The maximum absolute atomic E-state index is 10.9. The van der Waals surface area contributed by atoms with Crippen molar-refractivity contribution >= 4 is 30.5 Å². The first kappa shape index (κ1) is 16.2. The van der Waals surface area contributed by atoms with Crippen LogP contribution in [0.3, 0.4) is 0 Å². The third kappa shape index (κ3) is 3.21. The smallest absolute Gasteiger partial charge is 0.478 e. The summed E-state index contributed by atoms with van der Waals surface area (Å²) in [7, 11) is -0.629. The van der Waals surface area contributed by atoms with Crippen LogP contribution in [0, 0.1) is 0 Å². The summed E-state index contributed by atoms with van der Waals surface area (Å²) in [6.45, 7) is 7.55. The maximum Gasteiger partial charge on any atom is 0.492 e. The number of carbonyl (C=O) groups is 1. The zero-order chi connectivity index (χ0) is 15.8. The fourth-order valence-corrected chi connectivity index (χ4v) is 2.75. The normalized spacial score (nSPS) is 20.8. The van der Waals surface area contributed by atoms with E-state index >= 15 is 0 Å². The molecule has 5 nitrogen and oxygen atoms in total. The molecule has 0 saturated carbocycles. The number of aromatic carboxylic acids is 1. The Labute approximate surface area is 128 Å². The summed E-state index contributed by atoms with van der Waals surface area (Å²) in [4.78, 5) is 11.6. The van der Waals surface area contributed by atoms with E-state index in [0.29, 0.717) is 5.47 Å². The minimum absolute atomic E-state index is 0.211. The van der Waals surface area contributed by atoms with Gasteiger partial charge < -0.3 is 19.5 Å². The minimum atomic E-state index is -0.966. The van der Waals surface area contributed by atoms with E-state index in [2.05, 4.69) is 0 Å². The molecule has 2 rings (SSSR count). The Bertz CT molecular complexity index is 560. The molecule has 0 amide bonds. The van der Waals surface area contributed by atoms with Crippen LogP contribution >= 0.6 is 11.3 Å². The SMILES string of the molecule is CC1(C)OB(C(=Cc2cc(C(=O)O)cs2)CO)OC1(C)C. The van der Waals surface area contributed by atoms with Gasteiger partial charge in [-0.25, -0.2) is 4.79 Å². The lowest BCUT2D eigenvalue weighted by Gasteiger charge is -2.32. The van der Waals surface area contributed by atoms with Crippen molar-refractivity contribution in [3.8, 4) is 0 Å². The second-order valence-corrected chi connectivity index (χ2v) is 6.95. The van der Waals surface area contributed by atoms with Crippen LogP contribution in [0.5, 0.6) is 0 Å². The number of hydrogen-bond acceptors (Lipinski definition) is 5. The molecule has 1 saturated heterocycles. The lowest BCUT2D eigenvalue weighted by Crippen LogP contribution is -2.41. The molecule has 1 aliphatic heterocycles. The molecule has 0 atom stereocenters. The molecule has 2 heterocycles. The number of aliphatic hydroxyl groups is 1. The van der Waals surface area contributed by atoms with Crippen LogP contribution in [0.1, 0.15) is 42.9 Å². The van der Waals surface area contributed by atoms with Crippen molar-refractivity contribution in [3.63, 3.8) is 0 Å². The van der Waals surface area contributed by atoms with E-state index in [1.54, 1.807) is 17.5 Å². The summed E-state index contributed by atoms with van der Waals surface area (Å²) in [5.74, 6) is -0.966. The molecule has 0 bridgehead atoms. The van der Waals surface area contributed by atoms with E-state index in [0.717, 1.165) is 4.88 Å². The molecule has 21 heavy (non-hydrogen) atoms. The average Bonchev–Trinajstić information content (AvgIpc) is 2.90. The van der Waals surface area contributed by atoms with Gasteiger partial charge in [0.2, 0.25) is 0 Å². The largest absolute Gasteiger partial charge is 0.492 e. The molecule has 1 aromatic rings. The summed E-state index contributed by atoms with van der Waals surface area (Å²) in [6, 6.07) is 1.56. The summed E-state index contributed by atoms with van der Waals surface area (Å²) >= 11 is 1.30. The molecule has 2 N–H and O–H groups in total. The van der Waals surface area contributed by atoms with Crippen LogP contribution in [0.15, 0.2) is 16.9 Å². The first-order valence-electron chi connectivity index (χ1n) is 6.65. The number of thiophene rings is 1. The van der Waals surface area contributed by atoms with Gasteiger partial charge in [-0.15, -0.1) is 11.3 Å².